The molecule has 2 unspecified atom stereocenters. The molecule has 0 aromatic carbocycles. The van der Waals surface area contributed by atoms with E-state index in [4.69, 9.17) is 19.7 Å². The number of carboxylic acid groups (broad SMARTS) is 1. The second-order valence-electron chi connectivity index (χ2n) is 3.55. The Morgan fingerprint density at radius 2 is 2.12 bits per heavy atom. The third-order valence-electron chi connectivity index (χ3n) is 2.44. The van der Waals surface area contributed by atoms with Gasteiger partial charge in [-0.1, -0.05) is 0 Å². The molecule has 1 rings (SSSR count). The van der Waals surface area contributed by atoms with Gasteiger partial charge < -0.3 is 29.9 Å². The van der Waals surface area contributed by atoms with Crippen LogP contribution in [0.1, 0.15) is 0 Å². The summed E-state index contributed by atoms with van der Waals surface area (Å²) in [6, 6.07) is -1.06. The molecule has 17 heavy (non-hydrogen) atoms. The second kappa shape index (κ2) is 6.03. The summed E-state index contributed by atoms with van der Waals surface area (Å²) in [7, 11) is 1.28. The standard InChI is InChI=1S/C9H15NO7/c1-16-9-6(10-2-5(12)13)8(15)7(14)4(3-11)17-9/h2,4,6-9,11,14-15H,3H2,1H3,(H,12,13)/t4?,6-,7-,8?,9+/m0/s1. The Labute approximate surface area is 97.1 Å². The Balaban J connectivity index is 2.83. The van der Waals surface area contributed by atoms with Gasteiger partial charge in [-0.15, -0.1) is 0 Å². The van der Waals surface area contributed by atoms with Crippen LogP contribution in [0, 0.1) is 0 Å². The molecule has 4 N–H and O–H groups in total. The van der Waals surface area contributed by atoms with Crippen LogP contribution in [0.3, 0.4) is 0 Å². The van der Waals surface area contributed by atoms with Crippen molar-refractivity contribution in [3.63, 3.8) is 0 Å². The SMILES string of the molecule is CO[C@@H]1OC(CO)[C@H](O)C(O)[C@@H]1N=CC(=O)O. The number of aliphatic imine (C=N–C) groups is 1. The van der Waals surface area contributed by atoms with Crippen molar-refractivity contribution in [3.8, 4) is 0 Å². The highest BCUT2D eigenvalue weighted by molar-refractivity contribution is 6.22. The fourth-order valence-corrected chi connectivity index (χ4v) is 1.57. The number of aliphatic carboxylic acids is 1. The van der Waals surface area contributed by atoms with Crippen LogP contribution in [0.4, 0.5) is 0 Å². The van der Waals surface area contributed by atoms with Gasteiger partial charge in [0, 0.05) is 7.11 Å². The van der Waals surface area contributed by atoms with Crippen molar-refractivity contribution in [2.45, 2.75) is 30.6 Å². The summed E-state index contributed by atoms with van der Waals surface area (Å²) in [6.45, 7) is -0.493. The van der Waals surface area contributed by atoms with Crippen molar-refractivity contribution < 1.29 is 34.7 Å². The van der Waals surface area contributed by atoms with Crippen molar-refractivity contribution in [2.24, 2.45) is 4.99 Å². The molecule has 5 atom stereocenters. The van der Waals surface area contributed by atoms with Crippen molar-refractivity contribution in [1.82, 2.24) is 0 Å². The van der Waals surface area contributed by atoms with E-state index in [1.165, 1.54) is 7.11 Å². The van der Waals surface area contributed by atoms with E-state index in [1.54, 1.807) is 0 Å². The number of hydrogen-bond donors (Lipinski definition) is 4. The van der Waals surface area contributed by atoms with Crippen molar-refractivity contribution in [2.75, 3.05) is 13.7 Å². The highest BCUT2D eigenvalue weighted by Crippen LogP contribution is 2.23. The average molecular weight is 249 g/mol. The van der Waals surface area contributed by atoms with Crippen LogP contribution >= 0.6 is 0 Å². The number of nitrogens with zero attached hydrogens (tertiary/aromatic N) is 1. The molecule has 1 aliphatic rings. The lowest BCUT2D eigenvalue weighted by Gasteiger charge is -2.39. The Morgan fingerprint density at radius 1 is 1.47 bits per heavy atom. The third kappa shape index (κ3) is 3.20. The number of rotatable bonds is 4. The van der Waals surface area contributed by atoms with Crippen molar-refractivity contribution in [1.29, 1.82) is 0 Å². The van der Waals surface area contributed by atoms with E-state index in [-0.39, 0.29) is 0 Å². The quantitative estimate of drug-likeness (QED) is 0.408. The molecular formula is C9H15NO7. The van der Waals surface area contributed by atoms with Gasteiger partial charge in [0.1, 0.15) is 30.6 Å². The second-order valence-corrected chi connectivity index (χ2v) is 3.55. The van der Waals surface area contributed by atoms with Gasteiger partial charge in [0.15, 0.2) is 6.29 Å². The summed E-state index contributed by atoms with van der Waals surface area (Å²) in [5, 5.41) is 36.7. The largest absolute Gasteiger partial charge is 0.477 e. The molecule has 0 amide bonds. The number of hydrogen-bond acceptors (Lipinski definition) is 7. The first-order chi connectivity index (χ1) is 8.01. The van der Waals surface area contributed by atoms with E-state index in [2.05, 4.69) is 4.99 Å². The first-order valence-electron chi connectivity index (χ1n) is 4.92. The molecule has 1 heterocycles. The highest BCUT2D eigenvalue weighted by Gasteiger charge is 2.44. The van der Waals surface area contributed by atoms with Gasteiger partial charge in [-0.3, -0.25) is 4.99 Å². The minimum Gasteiger partial charge on any atom is -0.477 e. The predicted octanol–water partition coefficient (Wildman–Crippen LogP) is -2.40. The van der Waals surface area contributed by atoms with Gasteiger partial charge in [0.05, 0.1) is 6.61 Å². The first kappa shape index (κ1) is 14.0. The predicted molar refractivity (Wildman–Crippen MR) is 54.7 cm³/mol. The monoisotopic (exact) mass is 249 g/mol. The van der Waals surface area contributed by atoms with Gasteiger partial charge in [0.2, 0.25) is 0 Å². The lowest BCUT2D eigenvalue weighted by molar-refractivity contribution is -0.257. The lowest BCUT2D eigenvalue weighted by atomic mass is 9.97. The van der Waals surface area contributed by atoms with E-state index in [0.717, 1.165) is 0 Å². The van der Waals surface area contributed by atoms with E-state index in [9.17, 15) is 15.0 Å². The fourth-order valence-electron chi connectivity index (χ4n) is 1.57. The molecule has 0 spiro atoms. The molecule has 98 valence electrons. The van der Waals surface area contributed by atoms with Crippen LogP contribution in [0.25, 0.3) is 0 Å². The van der Waals surface area contributed by atoms with Crippen molar-refractivity contribution in [3.05, 3.63) is 0 Å². The van der Waals surface area contributed by atoms with Crippen LogP contribution in [0.15, 0.2) is 4.99 Å². The van der Waals surface area contributed by atoms with Gasteiger partial charge in [0.25, 0.3) is 0 Å². The van der Waals surface area contributed by atoms with Gasteiger partial charge in [-0.05, 0) is 0 Å². The van der Waals surface area contributed by atoms with E-state index in [1.807, 2.05) is 0 Å². The van der Waals surface area contributed by atoms with E-state index >= 15 is 0 Å². The zero-order valence-electron chi connectivity index (χ0n) is 9.13. The van der Waals surface area contributed by atoms with Gasteiger partial charge >= 0.3 is 5.97 Å². The molecule has 1 aliphatic heterocycles. The number of aliphatic hydroxyl groups is 3. The Kier molecular flexibility index (Phi) is 4.97. The van der Waals surface area contributed by atoms with Gasteiger partial charge in [-0.25, -0.2) is 4.79 Å². The topological polar surface area (TPSA) is 129 Å². The Hall–Kier alpha value is -1.06. The van der Waals surface area contributed by atoms with E-state index in [0.29, 0.717) is 6.21 Å². The maximum absolute atomic E-state index is 10.3. The minimum absolute atomic E-state index is 0.493. The van der Waals surface area contributed by atoms with Crippen LogP contribution in [-0.2, 0) is 14.3 Å². The number of ether oxygens (including phenoxy) is 2. The summed E-state index contributed by atoms with van der Waals surface area (Å²) in [6.07, 6.45) is -4.16. The molecule has 0 radical (unpaired) electrons. The molecule has 0 saturated carbocycles. The zero-order valence-corrected chi connectivity index (χ0v) is 9.13. The van der Waals surface area contributed by atoms with Crippen LogP contribution in [0.5, 0.6) is 0 Å². The Bertz CT molecular complexity index is 293. The number of aliphatic hydroxyl groups excluding tert-OH is 3. The minimum atomic E-state index is -1.37. The normalized spacial score (nSPS) is 38.5. The lowest BCUT2D eigenvalue weighted by Crippen LogP contribution is -2.58. The number of methoxy groups -OCH3 is 1. The summed E-state index contributed by atoms with van der Waals surface area (Å²) < 4.78 is 10.00. The number of carboxylic acids is 1. The van der Waals surface area contributed by atoms with Crippen LogP contribution in [0.2, 0.25) is 0 Å². The van der Waals surface area contributed by atoms with E-state index < -0.39 is 43.2 Å². The average Bonchev–Trinajstić information content (AvgIpc) is 2.30. The molecule has 0 bridgehead atoms. The fraction of sp³-hybridized carbons (Fsp3) is 0.778. The molecule has 8 heteroatoms. The maximum Gasteiger partial charge on any atom is 0.346 e. The van der Waals surface area contributed by atoms with Gasteiger partial charge in [-0.2, -0.15) is 0 Å². The van der Waals surface area contributed by atoms with Crippen LogP contribution < -0.4 is 0 Å². The first-order valence-corrected chi connectivity index (χ1v) is 4.92. The smallest absolute Gasteiger partial charge is 0.346 e. The zero-order chi connectivity index (χ0) is 13.0. The molecule has 1 saturated heterocycles. The molecular weight excluding hydrogens is 234 g/mol. The molecule has 0 aromatic rings. The molecule has 1 fully saturated rings. The highest BCUT2D eigenvalue weighted by atomic mass is 16.7. The summed E-state index contributed by atoms with van der Waals surface area (Å²) in [5.74, 6) is -1.29. The summed E-state index contributed by atoms with van der Waals surface area (Å²) >= 11 is 0. The molecule has 0 aromatic heterocycles. The molecule has 8 nitrogen and oxygen atoms in total. The van der Waals surface area contributed by atoms with Crippen LogP contribution in [-0.4, -0.2) is 77.0 Å². The third-order valence-corrected chi connectivity index (χ3v) is 2.44. The summed E-state index contributed by atoms with van der Waals surface area (Å²) in [5.41, 5.74) is 0. The Morgan fingerprint density at radius 3 is 2.59 bits per heavy atom. The summed E-state index contributed by atoms with van der Waals surface area (Å²) in [4.78, 5) is 13.9. The van der Waals surface area contributed by atoms with Crippen molar-refractivity contribution >= 4 is 12.2 Å². The molecule has 0 aliphatic carbocycles. The number of carbonyl (C=O) groups is 1. The maximum atomic E-state index is 10.3.